The second-order valence-electron chi connectivity index (χ2n) is 8.46. The second-order valence-corrected chi connectivity index (χ2v) is 8.46. The first-order chi connectivity index (χ1) is 13.6. The largest absolute Gasteiger partial charge is 0.340 e. The summed E-state index contributed by atoms with van der Waals surface area (Å²) in [6.45, 7) is 7.18. The maximum absolute atomic E-state index is 13.0. The van der Waals surface area contributed by atoms with Crippen LogP contribution in [-0.2, 0) is 4.79 Å². The highest BCUT2D eigenvalue weighted by molar-refractivity contribution is 5.92. The van der Waals surface area contributed by atoms with Crippen LogP contribution in [0.5, 0.6) is 0 Å². The first kappa shape index (κ1) is 19.4. The fourth-order valence-electron chi connectivity index (χ4n) is 4.80. The third kappa shape index (κ3) is 4.22. The van der Waals surface area contributed by atoms with E-state index in [2.05, 4.69) is 31.9 Å². The fraction of sp³-hybridized carbons (Fsp3) is 0.750. The number of rotatable bonds is 3. The van der Waals surface area contributed by atoms with Gasteiger partial charge in [-0.15, -0.1) is 0 Å². The molecule has 0 bridgehead atoms. The van der Waals surface area contributed by atoms with Crippen molar-refractivity contribution in [2.24, 2.45) is 5.92 Å². The number of aromatic nitrogens is 2. The molecule has 4 heterocycles. The number of nitrogens with zero attached hydrogens (tertiary/aromatic N) is 5. The molecule has 0 unspecified atom stereocenters. The van der Waals surface area contributed by atoms with Gasteiger partial charge in [0.25, 0.3) is 5.91 Å². The highest BCUT2D eigenvalue weighted by Gasteiger charge is 2.34. The topological polar surface area (TPSA) is 75.8 Å². The van der Waals surface area contributed by atoms with Gasteiger partial charge in [-0.3, -0.25) is 19.6 Å². The van der Waals surface area contributed by atoms with Gasteiger partial charge in [0.05, 0.1) is 5.92 Å². The average molecular weight is 389 g/mol. The van der Waals surface area contributed by atoms with Crippen molar-refractivity contribution in [1.82, 2.24) is 29.8 Å². The molecule has 3 saturated heterocycles. The molecule has 0 saturated carbocycles. The molecule has 0 aliphatic carbocycles. The first-order valence-corrected chi connectivity index (χ1v) is 10.6. The minimum absolute atomic E-state index is 0.0396. The molecule has 28 heavy (non-hydrogen) atoms. The van der Waals surface area contributed by atoms with E-state index in [9.17, 15) is 9.59 Å². The number of nitrogens with one attached hydrogen (secondary N) is 1. The Labute approximate surface area is 166 Å². The Kier molecular flexibility index (Phi) is 5.96. The minimum atomic E-state index is 0.0396. The zero-order valence-corrected chi connectivity index (χ0v) is 16.8. The quantitative estimate of drug-likeness (QED) is 0.816. The Hall–Kier alpha value is -1.93. The summed E-state index contributed by atoms with van der Waals surface area (Å²) in [5.74, 6) is 0.532. The Balaban J connectivity index is 1.28. The Bertz CT molecular complexity index is 662. The van der Waals surface area contributed by atoms with E-state index < -0.39 is 0 Å². The molecule has 3 aliphatic heterocycles. The number of carbonyl (C=O) groups is 2. The molecule has 8 nitrogen and oxygen atoms in total. The van der Waals surface area contributed by atoms with Gasteiger partial charge in [0.15, 0.2) is 0 Å². The lowest BCUT2D eigenvalue weighted by Gasteiger charge is -2.43. The molecule has 0 spiro atoms. The summed E-state index contributed by atoms with van der Waals surface area (Å²) in [6.07, 6.45) is 5.69. The van der Waals surface area contributed by atoms with Crippen molar-refractivity contribution < 1.29 is 9.59 Å². The molecule has 1 N–H and O–H groups in total. The van der Waals surface area contributed by atoms with Crippen LogP contribution in [0.15, 0.2) is 12.3 Å². The van der Waals surface area contributed by atoms with E-state index in [1.165, 1.54) is 0 Å². The standard InChI is InChI=1S/C20H32N6O2/c1-23-11-13-25(14-12-23)19(27)16-3-2-8-26(15-16)17-5-9-24(10-6-17)20(28)18-4-7-21-22-18/h4,7,16-17H,2-3,5-6,8-15H2,1H3,(H,21,22)/t16-/m0/s1. The van der Waals surface area contributed by atoms with Crippen molar-refractivity contribution >= 4 is 11.8 Å². The number of likely N-dealkylation sites (N-methyl/N-ethyl adjacent to an activating group) is 1. The summed E-state index contributed by atoms with van der Waals surface area (Å²) in [5.41, 5.74) is 0.564. The van der Waals surface area contributed by atoms with Crippen LogP contribution in [0.25, 0.3) is 0 Å². The average Bonchev–Trinajstić information content (AvgIpc) is 3.28. The lowest BCUT2D eigenvalue weighted by atomic mass is 9.92. The van der Waals surface area contributed by atoms with Crippen LogP contribution >= 0.6 is 0 Å². The predicted octanol–water partition coefficient (Wildman–Crippen LogP) is 0.500. The summed E-state index contributed by atoms with van der Waals surface area (Å²) in [4.78, 5) is 34.2. The van der Waals surface area contributed by atoms with Crippen LogP contribution in [0.4, 0.5) is 0 Å². The Morgan fingerprint density at radius 1 is 1.00 bits per heavy atom. The van der Waals surface area contributed by atoms with Gasteiger partial charge in [-0.05, 0) is 45.3 Å². The second kappa shape index (κ2) is 8.61. The van der Waals surface area contributed by atoms with Crippen molar-refractivity contribution in [3.05, 3.63) is 18.0 Å². The molecule has 3 aliphatic rings. The molecule has 0 aromatic carbocycles. The summed E-state index contributed by atoms with van der Waals surface area (Å²) >= 11 is 0. The zero-order valence-electron chi connectivity index (χ0n) is 16.8. The Morgan fingerprint density at radius 2 is 1.75 bits per heavy atom. The highest BCUT2D eigenvalue weighted by Crippen LogP contribution is 2.26. The third-order valence-corrected chi connectivity index (χ3v) is 6.62. The van der Waals surface area contributed by atoms with Crippen molar-refractivity contribution in [3.63, 3.8) is 0 Å². The van der Waals surface area contributed by atoms with Crippen molar-refractivity contribution in [2.75, 3.05) is 59.4 Å². The van der Waals surface area contributed by atoms with Gasteiger partial charge in [0, 0.05) is 58.1 Å². The molecular formula is C20H32N6O2. The van der Waals surface area contributed by atoms with E-state index in [-0.39, 0.29) is 11.8 Å². The van der Waals surface area contributed by atoms with Gasteiger partial charge in [0.1, 0.15) is 5.69 Å². The fourth-order valence-corrected chi connectivity index (χ4v) is 4.80. The van der Waals surface area contributed by atoms with Gasteiger partial charge < -0.3 is 14.7 Å². The van der Waals surface area contributed by atoms with Crippen LogP contribution in [0.1, 0.15) is 36.2 Å². The molecule has 4 rings (SSSR count). The van der Waals surface area contributed by atoms with Gasteiger partial charge in [-0.1, -0.05) is 0 Å². The molecule has 3 fully saturated rings. The van der Waals surface area contributed by atoms with E-state index in [1.807, 2.05) is 4.90 Å². The Morgan fingerprint density at radius 3 is 2.43 bits per heavy atom. The van der Waals surface area contributed by atoms with Crippen molar-refractivity contribution in [2.45, 2.75) is 31.7 Å². The van der Waals surface area contributed by atoms with Crippen LogP contribution in [0.3, 0.4) is 0 Å². The van der Waals surface area contributed by atoms with Gasteiger partial charge >= 0.3 is 0 Å². The molecule has 1 atom stereocenters. The van der Waals surface area contributed by atoms with Crippen LogP contribution in [-0.4, -0.2) is 107 Å². The number of likely N-dealkylation sites (tertiary alicyclic amines) is 2. The highest BCUT2D eigenvalue weighted by atomic mass is 16.2. The lowest BCUT2D eigenvalue weighted by Crippen LogP contribution is -2.54. The molecule has 1 aromatic rings. The monoisotopic (exact) mass is 388 g/mol. The number of amides is 2. The van der Waals surface area contributed by atoms with Crippen molar-refractivity contribution in [1.29, 1.82) is 0 Å². The molecule has 2 amide bonds. The molecule has 0 radical (unpaired) electrons. The SMILES string of the molecule is CN1CCN(C(=O)[C@H]2CCCN(C3CCN(C(=O)c4ccn[nH]4)CC3)C2)CC1. The predicted molar refractivity (Wildman–Crippen MR) is 106 cm³/mol. The van der Waals surface area contributed by atoms with Crippen molar-refractivity contribution in [3.8, 4) is 0 Å². The zero-order chi connectivity index (χ0) is 19.5. The number of piperazine rings is 1. The molecular weight excluding hydrogens is 356 g/mol. The van der Waals surface area contributed by atoms with Crippen LogP contribution in [0.2, 0.25) is 0 Å². The van der Waals surface area contributed by atoms with E-state index in [1.54, 1.807) is 12.3 Å². The van der Waals surface area contributed by atoms with Gasteiger partial charge in [-0.2, -0.15) is 5.10 Å². The summed E-state index contributed by atoms with van der Waals surface area (Å²) in [5, 5.41) is 6.64. The molecule has 8 heteroatoms. The van der Waals surface area contributed by atoms with Crippen LogP contribution < -0.4 is 0 Å². The normalized spacial score (nSPS) is 25.8. The summed E-state index contributed by atoms with van der Waals surface area (Å²) in [6, 6.07) is 2.21. The number of piperidine rings is 2. The number of H-pyrrole nitrogens is 1. The lowest BCUT2D eigenvalue weighted by molar-refractivity contribution is -0.139. The van der Waals surface area contributed by atoms with E-state index in [4.69, 9.17) is 0 Å². The first-order valence-electron chi connectivity index (χ1n) is 10.6. The third-order valence-electron chi connectivity index (χ3n) is 6.62. The van der Waals surface area contributed by atoms with E-state index >= 15 is 0 Å². The van der Waals surface area contributed by atoms with Gasteiger partial charge in [0.2, 0.25) is 5.91 Å². The van der Waals surface area contributed by atoms with Crippen LogP contribution in [0, 0.1) is 5.92 Å². The van der Waals surface area contributed by atoms with E-state index in [0.717, 1.165) is 78.0 Å². The molecule has 1 aromatic heterocycles. The van der Waals surface area contributed by atoms with Gasteiger partial charge in [-0.25, -0.2) is 0 Å². The summed E-state index contributed by atoms with van der Waals surface area (Å²) in [7, 11) is 2.12. The molecule has 154 valence electrons. The summed E-state index contributed by atoms with van der Waals surface area (Å²) < 4.78 is 0. The maximum atomic E-state index is 13.0. The smallest absolute Gasteiger partial charge is 0.271 e. The number of hydrogen-bond donors (Lipinski definition) is 1. The number of hydrogen-bond acceptors (Lipinski definition) is 5. The number of carbonyl (C=O) groups excluding carboxylic acids is 2. The minimum Gasteiger partial charge on any atom is -0.340 e. The van der Waals surface area contributed by atoms with E-state index in [0.29, 0.717) is 17.6 Å². The maximum Gasteiger partial charge on any atom is 0.271 e. The number of aromatic amines is 1.